The van der Waals surface area contributed by atoms with Gasteiger partial charge in [0, 0.05) is 6.54 Å². The molecule has 102 valence electrons. The molecule has 2 rings (SSSR count). The number of nitrogens with one attached hydrogen (secondary N) is 2. The highest BCUT2D eigenvalue weighted by Crippen LogP contribution is 2.08. The molecular weight excluding hydrogens is 270 g/mol. The zero-order valence-electron chi connectivity index (χ0n) is 10.8. The number of nitrogens with zero attached hydrogens (tertiary/aromatic N) is 1. The molecule has 0 radical (unpaired) electrons. The Morgan fingerprint density at radius 1 is 1.15 bits per heavy atom. The summed E-state index contributed by atoms with van der Waals surface area (Å²) in [5.74, 6) is 0.207. The lowest BCUT2D eigenvalue weighted by Crippen LogP contribution is -2.31. The largest absolute Gasteiger partial charge is 0.508 e. The lowest BCUT2D eigenvalue weighted by molar-refractivity contribution is 0.475. The Bertz CT molecular complexity index is 599. The molecule has 0 saturated carbocycles. The summed E-state index contributed by atoms with van der Waals surface area (Å²) < 4.78 is 0. The van der Waals surface area contributed by atoms with Gasteiger partial charge in [-0.1, -0.05) is 42.5 Å². The fourth-order valence-electron chi connectivity index (χ4n) is 1.59. The van der Waals surface area contributed by atoms with Crippen LogP contribution in [0.25, 0.3) is 0 Å². The van der Waals surface area contributed by atoms with Gasteiger partial charge in [-0.15, -0.1) is 0 Å². The van der Waals surface area contributed by atoms with Gasteiger partial charge in [-0.2, -0.15) is 5.10 Å². The van der Waals surface area contributed by atoms with Crippen molar-refractivity contribution in [3.63, 3.8) is 0 Å². The number of hydrazone groups is 1. The molecule has 0 unspecified atom stereocenters. The van der Waals surface area contributed by atoms with Gasteiger partial charge in [0.2, 0.25) is 0 Å². The van der Waals surface area contributed by atoms with E-state index in [0.29, 0.717) is 11.7 Å². The summed E-state index contributed by atoms with van der Waals surface area (Å²) in [7, 11) is 0. The minimum atomic E-state index is 0.207. The third kappa shape index (κ3) is 4.70. The van der Waals surface area contributed by atoms with Gasteiger partial charge < -0.3 is 10.4 Å². The molecule has 0 fully saturated rings. The van der Waals surface area contributed by atoms with Crippen LogP contribution < -0.4 is 10.7 Å². The maximum atomic E-state index is 9.31. The van der Waals surface area contributed by atoms with Crippen LogP contribution in [0.2, 0.25) is 0 Å². The van der Waals surface area contributed by atoms with E-state index in [2.05, 4.69) is 15.8 Å². The third-order valence-corrected chi connectivity index (χ3v) is 2.78. The van der Waals surface area contributed by atoms with Gasteiger partial charge in [-0.05, 0) is 35.5 Å². The minimum absolute atomic E-state index is 0.207. The fraction of sp³-hybridized carbons (Fsp3) is 0.0667. The smallest absolute Gasteiger partial charge is 0.187 e. The van der Waals surface area contributed by atoms with Gasteiger partial charge in [0.25, 0.3) is 0 Å². The average molecular weight is 285 g/mol. The molecule has 5 heteroatoms. The van der Waals surface area contributed by atoms with Crippen molar-refractivity contribution >= 4 is 23.5 Å². The van der Waals surface area contributed by atoms with Gasteiger partial charge in [0.15, 0.2) is 5.11 Å². The van der Waals surface area contributed by atoms with Crippen LogP contribution in [-0.4, -0.2) is 16.4 Å². The van der Waals surface area contributed by atoms with Crippen LogP contribution in [0.4, 0.5) is 0 Å². The van der Waals surface area contributed by atoms with E-state index >= 15 is 0 Å². The van der Waals surface area contributed by atoms with Gasteiger partial charge in [-0.3, -0.25) is 5.43 Å². The predicted octanol–water partition coefficient (Wildman–Crippen LogP) is 2.39. The van der Waals surface area contributed by atoms with Crippen molar-refractivity contribution in [3.8, 4) is 5.75 Å². The van der Waals surface area contributed by atoms with Crippen LogP contribution in [0.5, 0.6) is 5.75 Å². The van der Waals surface area contributed by atoms with Crippen molar-refractivity contribution in [3.05, 3.63) is 65.7 Å². The Morgan fingerprint density at radius 3 is 2.70 bits per heavy atom. The number of rotatable bonds is 4. The molecular formula is C15H15N3OS. The summed E-state index contributed by atoms with van der Waals surface area (Å²) in [5, 5.41) is 16.8. The standard InChI is InChI=1S/C15H15N3OS/c19-14-8-4-7-13(9-14)11-17-18-15(20)16-10-12-5-2-1-3-6-12/h1-9,11,19H,10H2,(H2,16,18,20)/b17-11-. The number of thiocarbonyl (C=S) groups is 1. The van der Waals surface area contributed by atoms with E-state index in [1.54, 1.807) is 24.4 Å². The van der Waals surface area contributed by atoms with Crippen LogP contribution >= 0.6 is 12.2 Å². The van der Waals surface area contributed by atoms with Crippen molar-refractivity contribution in [2.45, 2.75) is 6.54 Å². The Labute approximate surface area is 123 Å². The van der Waals surface area contributed by atoms with Crippen LogP contribution in [0.3, 0.4) is 0 Å². The number of benzene rings is 2. The molecule has 3 N–H and O–H groups in total. The highest BCUT2D eigenvalue weighted by Gasteiger charge is 1.94. The average Bonchev–Trinajstić information content (AvgIpc) is 2.46. The number of hydrogen-bond acceptors (Lipinski definition) is 3. The Hall–Kier alpha value is -2.40. The van der Waals surface area contributed by atoms with E-state index in [4.69, 9.17) is 12.2 Å². The van der Waals surface area contributed by atoms with Gasteiger partial charge in [0.1, 0.15) is 5.75 Å². The molecule has 0 aliphatic carbocycles. The maximum Gasteiger partial charge on any atom is 0.187 e. The van der Waals surface area contributed by atoms with Crippen molar-refractivity contribution in [2.75, 3.05) is 0 Å². The second-order valence-electron chi connectivity index (χ2n) is 4.13. The molecule has 2 aromatic rings. The zero-order valence-corrected chi connectivity index (χ0v) is 11.6. The van der Waals surface area contributed by atoms with E-state index in [0.717, 1.165) is 11.1 Å². The lowest BCUT2D eigenvalue weighted by atomic mass is 10.2. The first-order valence-corrected chi connectivity index (χ1v) is 6.55. The topological polar surface area (TPSA) is 56.7 Å². The highest BCUT2D eigenvalue weighted by molar-refractivity contribution is 7.80. The van der Waals surface area contributed by atoms with Gasteiger partial charge >= 0.3 is 0 Å². The Balaban J connectivity index is 1.78. The quantitative estimate of drug-likeness (QED) is 0.459. The number of phenols is 1. The summed E-state index contributed by atoms with van der Waals surface area (Å²) in [4.78, 5) is 0. The molecule has 0 spiro atoms. The molecule has 0 aromatic heterocycles. The van der Waals surface area contributed by atoms with E-state index in [1.165, 1.54) is 0 Å². The van der Waals surface area contributed by atoms with Crippen molar-refractivity contribution in [1.29, 1.82) is 0 Å². The summed E-state index contributed by atoms with van der Waals surface area (Å²) in [5.41, 5.74) is 4.67. The van der Waals surface area contributed by atoms with Crippen LogP contribution in [0.1, 0.15) is 11.1 Å². The van der Waals surface area contributed by atoms with E-state index < -0.39 is 0 Å². The SMILES string of the molecule is Oc1cccc(/C=N\NC(=S)NCc2ccccc2)c1. The van der Waals surface area contributed by atoms with Crippen molar-refractivity contribution in [1.82, 2.24) is 10.7 Å². The normalized spacial score (nSPS) is 10.4. The van der Waals surface area contributed by atoms with Gasteiger partial charge in [-0.25, -0.2) is 0 Å². The molecule has 4 nitrogen and oxygen atoms in total. The van der Waals surface area contributed by atoms with E-state index in [1.807, 2.05) is 36.4 Å². The first-order chi connectivity index (χ1) is 9.74. The molecule has 0 aliphatic heterocycles. The van der Waals surface area contributed by atoms with Crippen LogP contribution in [0, 0.1) is 0 Å². The monoisotopic (exact) mass is 285 g/mol. The number of hydrogen-bond donors (Lipinski definition) is 3. The Kier molecular flexibility index (Phi) is 5.08. The molecule has 0 bridgehead atoms. The summed E-state index contributed by atoms with van der Waals surface area (Å²) in [6.07, 6.45) is 1.59. The zero-order chi connectivity index (χ0) is 14.2. The third-order valence-electron chi connectivity index (χ3n) is 2.55. The second kappa shape index (κ2) is 7.25. The molecule has 0 atom stereocenters. The second-order valence-corrected chi connectivity index (χ2v) is 4.54. The predicted molar refractivity (Wildman–Crippen MR) is 84.7 cm³/mol. The molecule has 0 aliphatic rings. The Morgan fingerprint density at radius 2 is 1.95 bits per heavy atom. The molecule has 2 aromatic carbocycles. The van der Waals surface area contributed by atoms with E-state index in [9.17, 15) is 5.11 Å². The summed E-state index contributed by atoms with van der Waals surface area (Å²) >= 11 is 5.11. The first kappa shape index (κ1) is 14.0. The first-order valence-electron chi connectivity index (χ1n) is 6.14. The van der Waals surface area contributed by atoms with Crippen LogP contribution in [0.15, 0.2) is 59.7 Å². The number of aromatic hydroxyl groups is 1. The van der Waals surface area contributed by atoms with E-state index in [-0.39, 0.29) is 5.75 Å². The van der Waals surface area contributed by atoms with Crippen LogP contribution in [-0.2, 0) is 6.54 Å². The molecule has 0 saturated heterocycles. The van der Waals surface area contributed by atoms with Gasteiger partial charge in [0.05, 0.1) is 6.21 Å². The summed E-state index contributed by atoms with van der Waals surface area (Å²) in [6, 6.07) is 16.8. The molecule has 20 heavy (non-hydrogen) atoms. The van der Waals surface area contributed by atoms with Crippen molar-refractivity contribution < 1.29 is 5.11 Å². The maximum absolute atomic E-state index is 9.31. The molecule has 0 heterocycles. The molecule has 0 amide bonds. The lowest BCUT2D eigenvalue weighted by Gasteiger charge is -2.06. The minimum Gasteiger partial charge on any atom is -0.508 e. The number of phenolic OH excluding ortho intramolecular Hbond substituents is 1. The summed E-state index contributed by atoms with van der Waals surface area (Å²) in [6.45, 7) is 0.647. The van der Waals surface area contributed by atoms with Crippen molar-refractivity contribution in [2.24, 2.45) is 5.10 Å². The fourth-order valence-corrected chi connectivity index (χ4v) is 1.71. The highest BCUT2D eigenvalue weighted by atomic mass is 32.1.